The van der Waals surface area contributed by atoms with Gasteiger partial charge in [0.1, 0.15) is 12.4 Å². The SMILES string of the molecule is [2H]C([2H])(c1cc(-c2ccc(F)c(C(F)F)c2)cnc1C)N1CCOC1=O. The first-order valence-electron chi connectivity index (χ1n) is 8.21. The van der Waals surface area contributed by atoms with Gasteiger partial charge in [0.05, 0.1) is 21.3 Å². The van der Waals surface area contributed by atoms with Crippen molar-refractivity contribution >= 4 is 6.09 Å². The molecule has 1 saturated heterocycles. The van der Waals surface area contributed by atoms with E-state index in [1.165, 1.54) is 18.3 Å². The van der Waals surface area contributed by atoms with Gasteiger partial charge < -0.3 is 9.64 Å². The fourth-order valence-corrected chi connectivity index (χ4v) is 2.34. The van der Waals surface area contributed by atoms with E-state index in [-0.39, 0.29) is 24.3 Å². The molecule has 1 fully saturated rings. The maximum atomic E-state index is 13.5. The lowest BCUT2D eigenvalue weighted by Gasteiger charge is -2.15. The molecular formula is C17H15F3N2O2. The molecule has 4 nitrogen and oxygen atoms in total. The zero-order valence-electron chi connectivity index (χ0n) is 14.7. The Kier molecular flexibility index (Phi) is 3.75. The second-order valence-corrected chi connectivity index (χ2v) is 5.27. The van der Waals surface area contributed by atoms with E-state index in [0.717, 1.165) is 17.0 Å². The van der Waals surface area contributed by atoms with E-state index in [1.807, 2.05) is 0 Å². The zero-order valence-corrected chi connectivity index (χ0v) is 12.7. The van der Waals surface area contributed by atoms with Crippen molar-refractivity contribution in [1.29, 1.82) is 0 Å². The molecule has 0 saturated carbocycles. The van der Waals surface area contributed by atoms with Crippen LogP contribution in [0.15, 0.2) is 30.5 Å². The molecule has 1 amide bonds. The fraction of sp³-hybridized carbons (Fsp3) is 0.294. The average molecular weight is 338 g/mol. The van der Waals surface area contributed by atoms with Crippen molar-refractivity contribution in [3.05, 3.63) is 53.1 Å². The number of ether oxygens (including phenoxy) is 1. The summed E-state index contributed by atoms with van der Waals surface area (Å²) in [6.45, 7) is -0.443. The summed E-state index contributed by atoms with van der Waals surface area (Å²) in [5.41, 5.74) is 0.321. The Labute approximate surface area is 139 Å². The molecule has 0 radical (unpaired) electrons. The van der Waals surface area contributed by atoms with Crippen molar-refractivity contribution in [2.24, 2.45) is 0 Å². The fourth-order valence-electron chi connectivity index (χ4n) is 2.34. The molecule has 24 heavy (non-hydrogen) atoms. The van der Waals surface area contributed by atoms with Gasteiger partial charge in [-0.3, -0.25) is 4.98 Å². The second-order valence-electron chi connectivity index (χ2n) is 5.27. The summed E-state index contributed by atoms with van der Waals surface area (Å²) in [6, 6.07) is 4.69. The van der Waals surface area contributed by atoms with Gasteiger partial charge in [-0.1, -0.05) is 6.07 Å². The average Bonchev–Trinajstić information content (AvgIpc) is 3.02. The van der Waals surface area contributed by atoms with Crippen LogP contribution in [0.2, 0.25) is 0 Å². The maximum Gasteiger partial charge on any atom is 0.410 e. The third-order valence-corrected chi connectivity index (χ3v) is 3.67. The van der Waals surface area contributed by atoms with Crippen LogP contribution in [0.5, 0.6) is 0 Å². The maximum absolute atomic E-state index is 13.5. The van der Waals surface area contributed by atoms with Crippen LogP contribution in [0.25, 0.3) is 11.1 Å². The first-order valence-corrected chi connectivity index (χ1v) is 7.21. The molecule has 126 valence electrons. The quantitative estimate of drug-likeness (QED) is 0.843. The van der Waals surface area contributed by atoms with Crippen molar-refractivity contribution in [3.63, 3.8) is 0 Å². The summed E-state index contributed by atoms with van der Waals surface area (Å²) in [6.07, 6.45) is -2.36. The van der Waals surface area contributed by atoms with Crippen LogP contribution in [0.1, 0.15) is 26.0 Å². The van der Waals surface area contributed by atoms with E-state index < -0.39 is 30.4 Å². The topological polar surface area (TPSA) is 42.4 Å². The van der Waals surface area contributed by atoms with Gasteiger partial charge >= 0.3 is 6.09 Å². The number of alkyl halides is 2. The first kappa shape index (κ1) is 13.8. The Balaban J connectivity index is 2.06. The normalized spacial score (nSPS) is 16.2. The first-order chi connectivity index (χ1) is 12.2. The lowest BCUT2D eigenvalue weighted by atomic mass is 10.0. The smallest absolute Gasteiger partial charge is 0.410 e. The number of carbonyl (C=O) groups excluding carboxylic acids is 1. The molecule has 2 aromatic rings. The summed E-state index contributed by atoms with van der Waals surface area (Å²) in [5.74, 6) is -1.01. The van der Waals surface area contributed by atoms with E-state index in [0.29, 0.717) is 11.3 Å². The number of aryl methyl sites for hydroxylation is 1. The molecule has 0 aliphatic carbocycles. The van der Waals surface area contributed by atoms with Gasteiger partial charge in [-0.15, -0.1) is 0 Å². The molecule has 1 aliphatic heterocycles. The van der Waals surface area contributed by atoms with E-state index in [4.69, 9.17) is 7.48 Å². The largest absolute Gasteiger partial charge is 0.448 e. The molecule has 0 N–H and O–H groups in total. The Morgan fingerprint density at radius 2 is 2.17 bits per heavy atom. The molecule has 0 spiro atoms. The lowest BCUT2D eigenvalue weighted by Crippen LogP contribution is -2.24. The third-order valence-electron chi connectivity index (χ3n) is 3.67. The minimum absolute atomic E-state index is 0.0836. The minimum Gasteiger partial charge on any atom is -0.448 e. The highest BCUT2D eigenvalue weighted by atomic mass is 19.3. The molecule has 1 aromatic carbocycles. The van der Waals surface area contributed by atoms with Crippen LogP contribution < -0.4 is 0 Å². The van der Waals surface area contributed by atoms with Crippen LogP contribution >= 0.6 is 0 Å². The summed E-state index contributed by atoms with van der Waals surface area (Å²) in [7, 11) is 0. The molecule has 0 atom stereocenters. The molecule has 1 aliphatic rings. The van der Waals surface area contributed by atoms with Crippen LogP contribution in [-0.4, -0.2) is 29.1 Å². The van der Waals surface area contributed by atoms with Crippen molar-refractivity contribution < 1.29 is 25.4 Å². The van der Waals surface area contributed by atoms with Gasteiger partial charge in [-0.25, -0.2) is 18.0 Å². The third kappa shape index (κ3) is 3.20. The standard InChI is InChI=1S/C17H15F3N2O2/c1-10-13(9-22-4-5-24-17(22)23)6-12(8-21-10)11-2-3-15(18)14(7-11)16(19)20/h2-3,6-8,16H,4-5,9H2,1H3/i9D2. The zero-order chi connectivity index (χ0) is 19.1. The number of nitrogens with zero attached hydrogens (tertiary/aromatic N) is 2. The van der Waals surface area contributed by atoms with Gasteiger partial charge in [0.25, 0.3) is 6.43 Å². The van der Waals surface area contributed by atoms with Crippen molar-refractivity contribution in [3.8, 4) is 11.1 Å². The lowest BCUT2D eigenvalue weighted by molar-refractivity contribution is 0.146. The number of hydrogen-bond acceptors (Lipinski definition) is 3. The van der Waals surface area contributed by atoms with E-state index in [1.54, 1.807) is 6.92 Å². The molecule has 0 unspecified atom stereocenters. The van der Waals surface area contributed by atoms with Crippen LogP contribution in [0, 0.1) is 12.7 Å². The minimum atomic E-state index is -2.97. The summed E-state index contributed by atoms with van der Waals surface area (Å²) in [5, 5.41) is 0. The Hall–Kier alpha value is -2.57. The number of amides is 1. The number of aromatic nitrogens is 1. The van der Waals surface area contributed by atoms with E-state index in [2.05, 4.69) is 4.98 Å². The number of rotatable bonds is 4. The van der Waals surface area contributed by atoms with E-state index in [9.17, 15) is 18.0 Å². The monoisotopic (exact) mass is 338 g/mol. The molecule has 0 bridgehead atoms. The highest BCUT2D eigenvalue weighted by Gasteiger charge is 2.23. The Morgan fingerprint density at radius 3 is 2.83 bits per heavy atom. The van der Waals surface area contributed by atoms with Gasteiger partial charge in [-0.2, -0.15) is 0 Å². The summed E-state index contributed by atoms with van der Waals surface area (Å²) >= 11 is 0. The Bertz CT molecular complexity index is 862. The van der Waals surface area contributed by atoms with Crippen molar-refractivity contribution in [2.45, 2.75) is 19.8 Å². The summed E-state index contributed by atoms with van der Waals surface area (Å²) in [4.78, 5) is 16.8. The van der Waals surface area contributed by atoms with Gasteiger partial charge in [0.2, 0.25) is 0 Å². The molecule has 1 aromatic heterocycles. The van der Waals surface area contributed by atoms with Crippen LogP contribution in [0.3, 0.4) is 0 Å². The number of halogens is 3. The highest BCUT2D eigenvalue weighted by molar-refractivity contribution is 5.70. The predicted molar refractivity (Wildman–Crippen MR) is 81.1 cm³/mol. The number of benzene rings is 1. The molecule has 3 rings (SSSR count). The molecular weight excluding hydrogens is 321 g/mol. The van der Waals surface area contributed by atoms with Crippen molar-refractivity contribution in [1.82, 2.24) is 9.88 Å². The highest BCUT2D eigenvalue weighted by Crippen LogP contribution is 2.29. The number of carbonyl (C=O) groups is 1. The Morgan fingerprint density at radius 1 is 1.38 bits per heavy atom. The van der Waals surface area contributed by atoms with Gasteiger partial charge in [0.15, 0.2) is 0 Å². The molecule has 2 heterocycles. The number of pyridine rings is 1. The van der Waals surface area contributed by atoms with E-state index >= 15 is 0 Å². The second kappa shape index (κ2) is 6.51. The predicted octanol–water partition coefficient (Wildman–Crippen LogP) is 4.09. The van der Waals surface area contributed by atoms with Crippen LogP contribution in [-0.2, 0) is 11.2 Å². The van der Waals surface area contributed by atoms with Crippen LogP contribution in [0.4, 0.5) is 18.0 Å². The molecule has 7 heteroatoms. The summed E-state index contributed by atoms with van der Waals surface area (Å²) < 4.78 is 60.8. The van der Waals surface area contributed by atoms with Gasteiger partial charge in [-0.05, 0) is 36.2 Å². The van der Waals surface area contributed by atoms with Crippen molar-refractivity contribution in [2.75, 3.05) is 13.2 Å². The van der Waals surface area contributed by atoms with Gasteiger partial charge in [0, 0.05) is 17.5 Å². The number of hydrogen-bond donors (Lipinski definition) is 0. The number of cyclic esters (lactones) is 1.